The Kier molecular flexibility index (Phi) is 15.4. The number of hydrogen-bond acceptors (Lipinski definition) is 6. The average Bonchev–Trinajstić information content (AvgIpc) is 2.81. The molecule has 2 N–H and O–H groups in total. The van der Waals surface area contributed by atoms with Gasteiger partial charge in [-0.3, -0.25) is 9.59 Å². The number of allylic oxidation sites excluding steroid dienone is 2. The van der Waals surface area contributed by atoms with Crippen molar-refractivity contribution in [3.05, 3.63) is 12.2 Å². The van der Waals surface area contributed by atoms with Crippen molar-refractivity contribution in [1.29, 1.82) is 0 Å². The molecule has 1 rings (SSSR count). The number of urea groups is 1. The van der Waals surface area contributed by atoms with Gasteiger partial charge >= 0.3 is 18.0 Å². The van der Waals surface area contributed by atoms with E-state index in [2.05, 4.69) is 22.8 Å². The van der Waals surface area contributed by atoms with Gasteiger partial charge in [0.25, 0.3) is 0 Å². The molecule has 0 aromatic rings. The van der Waals surface area contributed by atoms with Crippen LogP contribution in [0.15, 0.2) is 12.2 Å². The Bertz CT molecular complexity index is 638. The fourth-order valence-electron chi connectivity index (χ4n) is 3.68. The minimum absolute atomic E-state index is 0.175. The highest BCUT2D eigenvalue weighted by atomic mass is 16.5. The van der Waals surface area contributed by atoms with E-state index in [0.717, 1.165) is 51.4 Å². The third-order valence-electron chi connectivity index (χ3n) is 5.63. The van der Waals surface area contributed by atoms with Crippen molar-refractivity contribution in [1.82, 2.24) is 15.5 Å². The Morgan fingerprint density at radius 2 is 1.48 bits per heavy atom. The first-order valence-electron chi connectivity index (χ1n) is 12.1. The first kappa shape index (κ1) is 28.5. The van der Waals surface area contributed by atoms with E-state index in [1.807, 2.05) is 0 Å². The molecule has 0 aromatic carbocycles. The summed E-state index contributed by atoms with van der Waals surface area (Å²) >= 11 is 0. The van der Waals surface area contributed by atoms with E-state index in [1.54, 1.807) is 0 Å². The van der Waals surface area contributed by atoms with Crippen LogP contribution in [0.3, 0.4) is 0 Å². The molecule has 1 aliphatic heterocycles. The minimum Gasteiger partial charge on any atom is -0.469 e. The highest BCUT2D eigenvalue weighted by molar-refractivity contribution is 5.88. The van der Waals surface area contributed by atoms with Crippen LogP contribution in [-0.2, 0) is 23.9 Å². The maximum Gasteiger partial charge on any atom is 0.329 e. The second kappa shape index (κ2) is 17.9. The number of rotatable bonds is 4. The Hall–Kier alpha value is -2.58. The van der Waals surface area contributed by atoms with E-state index < -0.39 is 18.0 Å². The van der Waals surface area contributed by atoms with Gasteiger partial charge < -0.3 is 25.0 Å². The fraction of sp³-hybridized carbons (Fsp3) is 0.750. The lowest BCUT2D eigenvalue weighted by atomic mass is 10.1. The van der Waals surface area contributed by atoms with Gasteiger partial charge in [0.2, 0.25) is 5.91 Å². The molecule has 0 spiro atoms. The predicted octanol–water partition coefficient (Wildman–Crippen LogP) is 3.08. The molecule has 1 heterocycles. The van der Waals surface area contributed by atoms with Crippen LogP contribution in [0.5, 0.6) is 0 Å². The molecule has 0 radical (unpaired) electrons. The Labute approximate surface area is 197 Å². The van der Waals surface area contributed by atoms with Gasteiger partial charge in [-0.05, 0) is 51.4 Å². The van der Waals surface area contributed by atoms with Gasteiger partial charge in [0.05, 0.1) is 20.6 Å². The summed E-state index contributed by atoms with van der Waals surface area (Å²) in [7, 11) is 2.49. The number of nitrogens with one attached hydrogen (secondary N) is 2. The van der Waals surface area contributed by atoms with E-state index in [0.29, 0.717) is 38.9 Å². The third-order valence-corrected chi connectivity index (χ3v) is 5.63. The highest BCUT2D eigenvalue weighted by Crippen LogP contribution is 2.15. The lowest BCUT2D eigenvalue weighted by molar-refractivity contribution is -0.157. The Balaban J connectivity index is 2.79. The zero-order chi connectivity index (χ0) is 24.3. The number of amides is 3. The number of esters is 2. The van der Waals surface area contributed by atoms with Crippen molar-refractivity contribution >= 4 is 23.9 Å². The predicted molar refractivity (Wildman–Crippen MR) is 125 cm³/mol. The molecule has 33 heavy (non-hydrogen) atoms. The summed E-state index contributed by atoms with van der Waals surface area (Å²) in [6, 6.07) is -1.22. The van der Waals surface area contributed by atoms with Crippen LogP contribution >= 0.6 is 0 Å². The molecule has 1 unspecified atom stereocenters. The molecule has 1 atom stereocenters. The zero-order valence-electron chi connectivity index (χ0n) is 20.2. The number of nitrogens with zero attached hydrogens (tertiary/aromatic N) is 1. The van der Waals surface area contributed by atoms with E-state index in [-0.39, 0.29) is 18.4 Å². The van der Waals surface area contributed by atoms with Crippen molar-refractivity contribution < 1.29 is 28.7 Å². The zero-order valence-corrected chi connectivity index (χ0v) is 20.2. The molecule has 188 valence electrons. The summed E-state index contributed by atoms with van der Waals surface area (Å²) in [5, 5.41) is 5.66. The van der Waals surface area contributed by atoms with Gasteiger partial charge in [-0.15, -0.1) is 0 Å². The molecule has 0 aromatic heterocycles. The quantitative estimate of drug-likeness (QED) is 0.485. The second-order valence-electron chi connectivity index (χ2n) is 8.22. The number of methoxy groups -OCH3 is 2. The molecule has 0 bridgehead atoms. The number of carbonyl (C=O) groups is 4. The van der Waals surface area contributed by atoms with Crippen LogP contribution in [0.1, 0.15) is 77.0 Å². The van der Waals surface area contributed by atoms with Gasteiger partial charge in [0, 0.05) is 26.1 Å². The maximum atomic E-state index is 13.0. The van der Waals surface area contributed by atoms with Crippen LogP contribution < -0.4 is 10.6 Å². The van der Waals surface area contributed by atoms with Gasteiger partial charge in [-0.2, -0.15) is 0 Å². The monoisotopic (exact) mass is 467 g/mol. The largest absolute Gasteiger partial charge is 0.469 e. The van der Waals surface area contributed by atoms with Crippen LogP contribution in [-0.4, -0.2) is 68.7 Å². The summed E-state index contributed by atoms with van der Waals surface area (Å²) in [6.07, 6.45) is 13.4. The van der Waals surface area contributed by atoms with Crippen LogP contribution in [0.4, 0.5) is 4.79 Å². The Morgan fingerprint density at radius 3 is 2.12 bits per heavy atom. The van der Waals surface area contributed by atoms with Gasteiger partial charge in [0.15, 0.2) is 0 Å². The smallest absolute Gasteiger partial charge is 0.329 e. The summed E-state index contributed by atoms with van der Waals surface area (Å²) < 4.78 is 9.57. The molecule has 0 saturated carbocycles. The highest BCUT2D eigenvalue weighted by Gasteiger charge is 2.32. The minimum atomic E-state index is -1.02. The van der Waals surface area contributed by atoms with Crippen LogP contribution in [0.2, 0.25) is 0 Å². The second-order valence-corrected chi connectivity index (χ2v) is 8.22. The van der Waals surface area contributed by atoms with Gasteiger partial charge in [0.1, 0.15) is 6.04 Å². The molecule has 3 amide bonds. The molecule has 9 heteroatoms. The van der Waals surface area contributed by atoms with Crippen LogP contribution in [0, 0.1) is 0 Å². The van der Waals surface area contributed by atoms with Gasteiger partial charge in [-0.25, -0.2) is 9.59 Å². The van der Waals surface area contributed by atoms with E-state index in [4.69, 9.17) is 9.47 Å². The number of carbonyl (C=O) groups excluding carboxylic acids is 4. The maximum absolute atomic E-state index is 13.0. The van der Waals surface area contributed by atoms with Crippen molar-refractivity contribution in [2.45, 2.75) is 83.1 Å². The SMILES string of the molecule is COC(=O)CC(C(=O)OC)N1CCCCNC(=O)NCCCC/C=C\CCCCCCC1=O. The van der Waals surface area contributed by atoms with Crippen molar-refractivity contribution in [2.75, 3.05) is 33.9 Å². The molecule has 1 aliphatic rings. The summed E-state index contributed by atoms with van der Waals surface area (Å²) in [6.45, 7) is 1.39. The summed E-state index contributed by atoms with van der Waals surface area (Å²) in [4.78, 5) is 50.6. The van der Waals surface area contributed by atoms with Crippen molar-refractivity contribution in [2.24, 2.45) is 0 Å². The summed E-state index contributed by atoms with van der Waals surface area (Å²) in [5.41, 5.74) is 0. The molecule has 0 aliphatic carbocycles. The fourth-order valence-corrected chi connectivity index (χ4v) is 3.68. The van der Waals surface area contributed by atoms with E-state index >= 15 is 0 Å². The Morgan fingerprint density at radius 1 is 0.879 bits per heavy atom. The van der Waals surface area contributed by atoms with E-state index in [1.165, 1.54) is 19.1 Å². The molecular weight excluding hydrogens is 426 g/mol. The molecule has 9 nitrogen and oxygen atoms in total. The number of hydrogen-bond donors (Lipinski definition) is 2. The average molecular weight is 468 g/mol. The molecule has 0 fully saturated rings. The van der Waals surface area contributed by atoms with E-state index in [9.17, 15) is 19.2 Å². The lowest BCUT2D eigenvalue weighted by Crippen LogP contribution is -2.47. The molecule has 0 saturated heterocycles. The number of ether oxygens (including phenoxy) is 2. The normalized spacial score (nSPS) is 20.4. The molecular formula is C24H41N3O6. The van der Waals surface area contributed by atoms with Crippen molar-refractivity contribution in [3.8, 4) is 0 Å². The first-order valence-corrected chi connectivity index (χ1v) is 12.1. The van der Waals surface area contributed by atoms with Crippen molar-refractivity contribution in [3.63, 3.8) is 0 Å². The first-order chi connectivity index (χ1) is 16.0. The third kappa shape index (κ3) is 12.9. The lowest BCUT2D eigenvalue weighted by Gasteiger charge is -2.29. The van der Waals surface area contributed by atoms with Gasteiger partial charge in [-0.1, -0.05) is 25.0 Å². The standard InChI is InChI=1S/C24H41N3O6/c1-32-22(29)19-20(23(30)33-2)27-18-14-13-17-26-24(31)25-16-12-10-8-6-4-3-5-7-9-11-15-21(27)28/h4,6,20H,3,5,7-19H2,1-2H3,(H2,25,26,31)/b6-4-. The topological polar surface area (TPSA) is 114 Å². The summed E-state index contributed by atoms with van der Waals surface area (Å²) in [5.74, 6) is -1.39. The van der Waals surface area contributed by atoms with Crippen LogP contribution in [0.25, 0.3) is 0 Å².